The largest absolute Gasteiger partial charge is 0.472 e. The van der Waals surface area contributed by atoms with Gasteiger partial charge in [0.1, 0.15) is 6.61 Å². The molecule has 0 aliphatic rings. The average molecular weight is 773 g/mol. The highest BCUT2D eigenvalue weighted by molar-refractivity contribution is 7.47. The molecule has 0 spiro atoms. The molecule has 0 radical (unpaired) electrons. The standard InChI is InChI=1S/C45H73O8P/c1-4-6-8-10-12-14-16-18-20-22-23-24-26-28-30-32-34-36-38-40-45(47)53-43(42-52-54(48,49)50-3)41-51-44(46)39-37-35-33-31-29-27-25-21-19-17-15-13-11-9-7-5-2/h6,8,12,14-15,17-18,20-21,23-25,28,30,34,36,43H,4-5,7,9-11,13,16,19,22,26-27,29,31-33,35,37-42H2,1-3H3,(H,48,49)/b8-6-,14-12-,17-15-,20-18-,24-23-,25-21-,30-28-,36-34-. The van der Waals surface area contributed by atoms with Gasteiger partial charge < -0.3 is 14.4 Å². The van der Waals surface area contributed by atoms with Gasteiger partial charge in [-0.15, -0.1) is 0 Å². The Hall–Kier alpha value is -3.03. The van der Waals surface area contributed by atoms with Crippen molar-refractivity contribution in [1.29, 1.82) is 0 Å². The van der Waals surface area contributed by atoms with Crippen LogP contribution in [0, 0.1) is 0 Å². The topological polar surface area (TPSA) is 108 Å². The first kappa shape index (κ1) is 51.0. The number of carbonyl (C=O) groups is 2. The summed E-state index contributed by atoms with van der Waals surface area (Å²) in [5.41, 5.74) is 0. The lowest BCUT2D eigenvalue weighted by atomic mass is 10.1. The zero-order valence-corrected chi connectivity index (χ0v) is 34.7. The summed E-state index contributed by atoms with van der Waals surface area (Å²) in [6.07, 6.45) is 53.3. The van der Waals surface area contributed by atoms with Crippen molar-refractivity contribution in [2.75, 3.05) is 20.3 Å². The zero-order chi connectivity index (χ0) is 39.6. The number of phosphoric ester groups is 1. The quantitative estimate of drug-likeness (QED) is 0.0290. The van der Waals surface area contributed by atoms with Crippen LogP contribution in [0.3, 0.4) is 0 Å². The summed E-state index contributed by atoms with van der Waals surface area (Å²) in [7, 11) is -3.25. The first-order valence-corrected chi connectivity index (χ1v) is 21.9. The number of allylic oxidation sites excluding steroid dienone is 16. The lowest BCUT2D eigenvalue weighted by molar-refractivity contribution is -0.161. The van der Waals surface area contributed by atoms with Crippen molar-refractivity contribution in [2.24, 2.45) is 0 Å². The van der Waals surface area contributed by atoms with Crippen LogP contribution >= 0.6 is 7.82 Å². The average Bonchev–Trinajstić information content (AvgIpc) is 3.16. The van der Waals surface area contributed by atoms with Gasteiger partial charge >= 0.3 is 19.8 Å². The van der Waals surface area contributed by atoms with Gasteiger partial charge in [-0.2, -0.15) is 0 Å². The Morgan fingerprint density at radius 3 is 1.48 bits per heavy atom. The third kappa shape index (κ3) is 38.7. The van der Waals surface area contributed by atoms with Crippen LogP contribution in [0.5, 0.6) is 0 Å². The molecular formula is C45H73O8P. The van der Waals surface area contributed by atoms with Gasteiger partial charge in [-0.25, -0.2) is 4.57 Å². The molecule has 0 aliphatic heterocycles. The maximum Gasteiger partial charge on any atom is 0.472 e. The molecule has 306 valence electrons. The van der Waals surface area contributed by atoms with Gasteiger partial charge in [0.25, 0.3) is 0 Å². The third-order valence-electron chi connectivity index (χ3n) is 8.08. The van der Waals surface area contributed by atoms with E-state index < -0.39 is 32.5 Å². The molecule has 0 rings (SSSR count). The summed E-state index contributed by atoms with van der Waals surface area (Å²) in [5, 5.41) is 0. The van der Waals surface area contributed by atoms with Gasteiger partial charge in [0.2, 0.25) is 0 Å². The van der Waals surface area contributed by atoms with E-state index in [1.54, 1.807) is 0 Å². The minimum atomic E-state index is -4.29. The second-order valence-corrected chi connectivity index (χ2v) is 14.6. The lowest BCUT2D eigenvalue weighted by Gasteiger charge is -2.19. The highest BCUT2D eigenvalue weighted by Gasteiger charge is 2.24. The summed E-state index contributed by atoms with van der Waals surface area (Å²) in [6, 6.07) is 0. The van der Waals surface area contributed by atoms with E-state index in [0.717, 1.165) is 84.2 Å². The summed E-state index contributed by atoms with van der Waals surface area (Å²) in [5.74, 6) is -0.928. The molecule has 0 aromatic rings. The van der Waals surface area contributed by atoms with Gasteiger partial charge in [-0.3, -0.25) is 18.6 Å². The van der Waals surface area contributed by atoms with Gasteiger partial charge in [0, 0.05) is 20.0 Å². The maximum absolute atomic E-state index is 12.5. The highest BCUT2D eigenvalue weighted by atomic mass is 31.2. The number of ether oxygens (including phenoxy) is 2. The normalized spacial score (nSPS) is 14.4. The van der Waals surface area contributed by atoms with Gasteiger partial charge in [-0.1, -0.05) is 150 Å². The van der Waals surface area contributed by atoms with E-state index >= 15 is 0 Å². The molecule has 54 heavy (non-hydrogen) atoms. The molecule has 0 aromatic carbocycles. The predicted octanol–water partition coefficient (Wildman–Crippen LogP) is 12.9. The fourth-order valence-electron chi connectivity index (χ4n) is 4.95. The fraction of sp³-hybridized carbons (Fsp3) is 0.600. The van der Waals surface area contributed by atoms with Crippen LogP contribution in [-0.4, -0.2) is 43.3 Å². The number of phosphoric acid groups is 1. The Kier molecular flexibility index (Phi) is 37.4. The van der Waals surface area contributed by atoms with Crippen LogP contribution in [0.2, 0.25) is 0 Å². The van der Waals surface area contributed by atoms with Crippen molar-refractivity contribution in [2.45, 2.75) is 155 Å². The minimum absolute atomic E-state index is 0.111. The van der Waals surface area contributed by atoms with Gasteiger partial charge in [0.15, 0.2) is 6.10 Å². The fourth-order valence-corrected chi connectivity index (χ4v) is 5.41. The Balaban J connectivity index is 4.21. The van der Waals surface area contributed by atoms with Crippen LogP contribution < -0.4 is 0 Å². The molecule has 8 nitrogen and oxygen atoms in total. The molecule has 2 atom stereocenters. The number of unbranched alkanes of at least 4 members (excludes halogenated alkanes) is 9. The smallest absolute Gasteiger partial charge is 0.462 e. The van der Waals surface area contributed by atoms with Crippen molar-refractivity contribution in [3.8, 4) is 0 Å². The third-order valence-corrected chi connectivity index (χ3v) is 9.01. The molecule has 0 saturated carbocycles. The molecule has 1 N–H and O–H groups in total. The first-order chi connectivity index (χ1) is 26.3. The number of carbonyl (C=O) groups excluding carboxylic acids is 2. The molecule has 0 heterocycles. The van der Waals surface area contributed by atoms with Crippen molar-refractivity contribution in [1.82, 2.24) is 0 Å². The summed E-state index contributed by atoms with van der Waals surface area (Å²) < 4.78 is 31.8. The molecular weight excluding hydrogens is 699 g/mol. The molecule has 9 heteroatoms. The van der Waals surface area contributed by atoms with E-state index in [1.165, 1.54) is 32.1 Å². The number of rotatable bonds is 36. The molecule has 0 aromatic heterocycles. The maximum atomic E-state index is 12.5. The van der Waals surface area contributed by atoms with Crippen LogP contribution in [0.25, 0.3) is 0 Å². The lowest BCUT2D eigenvalue weighted by Crippen LogP contribution is -2.29. The zero-order valence-electron chi connectivity index (χ0n) is 33.8. The van der Waals surface area contributed by atoms with Crippen molar-refractivity contribution < 1.29 is 37.6 Å². The molecule has 2 unspecified atom stereocenters. The van der Waals surface area contributed by atoms with E-state index in [1.807, 2.05) is 12.2 Å². The Labute approximate surface area is 328 Å². The van der Waals surface area contributed by atoms with Gasteiger partial charge in [-0.05, 0) is 83.5 Å². The van der Waals surface area contributed by atoms with Crippen LogP contribution in [0.4, 0.5) is 0 Å². The summed E-state index contributed by atoms with van der Waals surface area (Å²) in [6.45, 7) is 3.66. The van der Waals surface area contributed by atoms with E-state index in [4.69, 9.17) is 14.0 Å². The van der Waals surface area contributed by atoms with Crippen LogP contribution in [0.15, 0.2) is 97.2 Å². The Morgan fingerprint density at radius 1 is 0.537 bits per heavy atom. The van der Waals surface area contributed by atoms with Crippen LogP contribution in [0.1, 0.15) is 149 Å². The van der Waals surface area contributed by atoms with Crippen LogP contribution in [-0.2, 0) is 32.7 Å². The van der Waals surface area contributed by atoms with E-state index in [0.29, 0.717) is 12.8 Å². The Bertz CT molecular complexity index is 1190. The van der Waals surface area contributed by atoms with E-state index in [-0.39, 0.29) is 19.4 Å². The Morgan fingerprint density at radius 2 is 0.981 bits per heavy atom. The van der Waals surface area contributed by atoms with Gasteiger partial charge in [0.05, 0.1) is 6.61 Å². The van der Waals surface area contributed by atoms with E-state index in [9.17, 15) is 19.0 Å². The van der Waals surface area contributed by atoms with E-state index in [2.05, 4.69) is 103 Å². The molecule has 0 fully saturated rings. The number of hydrogen-bond acceptors (Lipinski definition) is 7. The van der Waals surface area contributed by atoms with Crippen molar-refractivity contribution >= 4 is 19.8 Å². The molecule has 0 amide bonds. The number of esters is 2. The van der Waals surface area contributed by atoms with Crippen molar-refractivity contribution in [3.63, 3.8) is 0 Å². The van der Waals surface area contributed by atoms with Crippen molar-refractivity contribution in [3.05, 3.63) is 97.2 Å². The summed E-state index contributed by atoms with van der Waals surface area (Å²) >= 11 is 0. The second-order valence-electron chi connectivity index (χ2n) is 13.0. The predicted molar refractivity (Wildman–Crippen MR) is 225 cm³/mol. The minimum Gasteiger partial charge on any atom is -0.462 e. The monoisotopic (exact) mass is 773 g/mol. The molecule has 0 bridgehead atoms. The highest BCUT2D eigenvalue weighted by Crippen LogP contribution is 2.42. The molecule has 0 aliphatic carbocycles. The summed E-state index contributed by atoms with van der Waals surface area (Å²) in [4.78, 5) is 34.4. The second kappa shape index (κ2) is 39.7. The first-order valence-electron chi connectivity index (χ1n) is 20.4. The SMILES string of the molecule is CC/C=C\C/C=C\C/C=C\C/C=C\C/C=C\C/C=C\CCC(=O)OC(COC(=O)CCCCCCC/C=C\C/C=C\CCCCCC)COP(=O)(O)OC. The number of hydrogen-bond donors (Lipinski definition) is 1. The molecule has 0 saturated heterocycles.